The zero-order valence-corrected chi connectivity index (χ0v) is 7.30. The number of hydrogen-bond donors (Lipinski definition) is 0. The molecule has 0 aromatic heterocycles. The summed E-state index contributed by atoms with van der Waals surface area (Å²) in [6, 6.07) is 0. The molecule has 1 saturated carbocycles. The van der Waals surface area contributed by atoms with Crippen LogP contribution in [0.15, 0.2) is 0 Å². The molecule has 0 saturated heterocycles. The average molecular weight is 156 g/mol. The maximum Gasteiger partial charge on any atom is 0.161 e. The lowest BCUT2D eigenvalue weighted by Gasteiger charge is -2.04. The molecule has 1 rings (SSSR count). The minimum absolute atomic E-state index is 0.297. The molecule has 0 N–H and O–H groups in total. The molecule has 0 aromatic rings. The van der Waals surface area contributed by atoms with Gasteiger partial charge in [0.2, 0.25) is 0 Å². The summed E-state index contributed by atoms with van der Waals surface area (Å²) < 4.78 is 5.21. The molecule has 0 bridgehead atoms. The van der Waals surface area contributed by atoms with Crippen molar-refractivity contribution >= 4 is 5.78 Å². The number of ether oxygens (including phenoxy) is 1. The zero-order chi connectivity index (χ0) is 8.27. The van der Waals surface area contributed by atoms with E-state index in [2.05, 4.69) is 13.8 Å². The Bertz CT molecular complexity index is 136. The van der Waals surface area contributed by atoms with Crippen LogP contribution in [0.2, 0.25) is 0 Å². The highest BCUT2D eigenvalue weighted by molar-refractivity contribution is 5.84. The van der Waals surface area contributed by atoms with E-state index in [0.717, 1.165) is 12.8 Å². The van der Waals surface area contributed by atoms with Gasteiger partial charge in [0.1, 0.15) is 6.61 Å². The highest BCUT2D eigenvalue weighted by Gasteiger charge is 2.29. The van der Waals surface area contributed by atoms with Gasteiger partial charge >= 0.3 is 0 Å². The van der Waals surface area contributed by atoms with Gasteiger partial charge in [-0.1, -0.05) is 13.8 Å². The summed E-state index contributed by atoms with van der Waals surface area (Å²) in [5, 5.41) is 0. The van der Waals surface area contributed by atoms with Gasteiger partial charge in [0.05, 0.1) is 0 Å². The zero-order valence-electron chi connectivity index (χ0n) is 7.30. The van der Waals surface area contributed by atoms with Gasteiger partial charge in [0, 0.05) is 12.5 Å². The standard InChI is InChI=1S/C9H16O2/c1-7(2)5-11-6-9(10)8-3-4-8/h7-8H,3-6H2,1-2H3. The Morgan fingerprint density at radius 3 is 2.64 bits per heavy atom. The maximum absolute atomic E-state index is 11.1. The SMILES string of the molecule is CC(C)COCC(=O)C1CC1. The Hall–Kier alpha value is -0.370. The monoisotopic (exact) mass is 156 g/mol. The molecule has 0 radical (unpaired) electrons. The summed E-state index contributed by atoms with van der Waals surface area (Å²) in [6.07, 6.45) is 2.17. The molecular weight excluding hydrogens is 140 g/mol. The average Bonchev–Trinajstić information content (AvgIpc) is 2.66. The molecule has 1 aliphatic carbocycles. The number of carbonyl (C=O) groups excluding carboxylic acids is 1. The summed E-state index contributed by atoms with van der Waals surface area (Å²) in [4.78, 5) is 11.1. The Morgan fingerprint density at radius 1 is 1.55 bits per heavy atom. The second-order valence-corrected chi connectivity index (χ2v) is 3.65. The summed E-state index contributed by atoms with van der Waals surface area (Å²) >= 11 is 0. The van der Waals surface area contributed by atoms with Crippen molar-refractivity contribution < 1.29 is 9.53 Å². The Labute approximate surface area is 67.9 Å². The summed E-state index contributed by atoms with van der Waals surface area (Å²) in [6.45, 7) is 5.21. The van der Waals surface area contributed by atoms with Crippen LogP contribution in [-0.4, -0.2) is 19.0 Å². The fraction of sp³-hybridized carbons (Fsp3) is 0.889. The molecule has 64 valence electrons. The first-order chi connectivity index (χ1) is 5.20. The van der Waals surface area contributed by atoms with Crippen molar-refractivity contribution in [2.75, 3.05) is 13.2 Å². The van der Waals surface area contributed by atoms with Gasteiger partial charge in [-0.3, -0.25) is 4.79 Å². The van der Waals surface area contributed by atoms with Crippen molar-refractivity contribution in [1.82, 2.24) is 0 Å². The van der Waals surface area contributed by atoms with Crippen LogP contribution < -0.4 is 0 Å². The number of hydrogen-bond acceptors (Lipinski definition) is 2. The lowest BCUT2D eigenvalue weighted by Crippen LogP contribution is -2.13. The fourth-order valence-corrected chi connectivity index (χ4v) is 0.918. The third-order valence-corrected chi connectivity index (χ3v) is 1.73. The van der Waals surface area contributed by atoms with Crippen molar-refractivity contribution in [1.29, 1.82) is 0 Å². The van der Waals surface area contributed by atoms with Gasteiger partial charge in [0.15, 0.2) is 5.78 Å². The van der Waals surface area contributed by atoms with Crippen LogP contribution in [0.5, 0.6) is 0 Å². The molecular formula is C9H16O2. The van der Waals surface area contributed by atoms with E-state index >= 15 is 0 Å². The number of Topliss-reactive ketones (excluding diaryl/α,β-unsaturated/α-hetero) is 1. The van der Waals surface area contributed by atoms with Crippen LogP contribution in [0.25, 0.3) is 0 Å². The molecule has 0 atom stereocenters. The highest BCUT2D eigenvalue weighted by atomic mass is 16.5. The van der Waals surface area contributed by atoms with E-state index in [-0.39, 0.29) is 0 Å². The molecule has 0 spiro atoms. The number of rotatable bonds is 5. The topological polar surface area (TPSA) is 26.3 Å². The minimum atomic E-state index is 0.297. The lowest BCUT2D eigenvalue weighted by molar-refractivity contribution is -0.125. The number of ketones is 1. The molecule has 0 aromatic carbocycles. The highest BCUT2D eigenvalue weighted by Crippen LogP contribution is 2.29. The third kappa shape index (κ3) is 3.51. The van der Waals surface area contributed by atoms with E-state index in [1.807, 2.05) is 0 Å². The van der Waals surface area contributed by atoms with Crippen molar-refractivity contribution in [3.8, 4) is 0 Å². The maximum atomic E-state index is 11.1. The second kappa shape index (κ2) is 3.86. The van der Waals surface area contributed by atoms with E-state index in [1.54, 1.807) is 0 Å². The van der Waals surface area contributed by atoms with E-state index in [9.17, 15) is 4.79 Å². The Kier molecular flexibility index (Phi) is 3.06. The second-order valence-electron chi connectivity index (χ2n) is 3.65. The van der Waals surface area contributed by atoms with E-state index in [4.69, 9.17) is 4.74 Å². The van der Waals surface area contributed by atoms with Crippen molar-refractivity contribution in [3.63, 3.8) is 0 Å². The van der Waals surface area contributed by atoms with E-state index in [0.29, 0.717) is 30.8 Å². The first-order valence-electron chi connectivity index (χ1n) is 4.30. The molecule has 0 heterocycles. The van der Waals surface area contributed by atoms with Crippen LogP contribution in [0.1, 0.15) is 26.7 Å². The normalized spacial score (nSPS) is 17.4. The van der Waals surface area contributed by atoms with Crippen LogP contribution >= 0.6 is 0 Å². The molecule has 0 amide bonds. The van der Waals surface area contributed by atoms with Crippen LogP contribution in [0.3, 0.4) is 0 Å². The quantitative estimate of drug-likeness (QED) is 0.605. The molecule has 0 unspecified atom stereocenters. The molecule has 11 heavy (non-hydrogen) atoms. The van der Waals surface area contributed by atoms with Gasteiger partial charge in [-0.15, -0.1) is 0 Å². The van der Waals surface area contributed by atoms with Crippen LogP contribution in [0, 0.1) is 11.8 Å². The summed E-state index contributed by atoms with van der Waals surface area (Å²) in [7, 11) is 0. The van der Waals surface area contributed by atoms with Crippen molar-refractivity contribution in [2.24, 2.45) is 11.8 Å². The van der Waals surface area contributed by atoms with Crippen molar-refractivity contribution in [2.45, 2.75) is 26.7 Å². The van der Waals surface area contributed by atoms with E-state index in [1.165, 1.54) is 0 Å². The molecule has 0 aliphatic heterocycles. The Morgan fingerprint density at radius 2 is 2.18 bits per heavy atom. The van der Waals surface area contributed by atoms with Crippen LogP contribution in [-0.2, 0) is 9.53 Å². The third-order valence-electron chi connectivity index (χ3n) is 1.73. The van der Waals surface area contributed by atoms with Gasteiger partial charge in [0.25, 0.3) is 0 Å². The van der Waals surface area contributed by atoms with Gasteiger partial charge in [-0.25, -0.2) is 0 Å². The minimum Gasteiger partial charge on any atom is -0.373 e. The largest absolute Gasteiger partial charge is 0.373 e. The van der Waals surface area contributed by atoms with E-state index < -0.39 is 0 Å². The lowest BCUT2D eigenvalue weighted by atomic mass is 10.2. The van der Waals surface area contributed by atoms with Gasteiger partial charge in [-0.2, -0.15) is 0 Å². The molecule has 1 fully saturated rings. The smallest absolute Gasteiger partial charge is 0.161 e. The molecule has 1 aliphatic rings. The van der Waals surface area contributed by atoms with Crippen molar-refractivity contribution in [3.05, 3.63) is 0 Å². The first-order valence-corrected chi connectivity index (χ1v) is 4.30. The van der Waals surface area contributed by atoms with Crippen LogP contribution in [0.4, 0.5) is 0 Å². The first kappa shape index (κ1) is 8.72. The molecule has 2 nitrogen and oxygen atoms in total. The van der Waals surface area contributed by atoms with Gasteiger partial charge in [-0.05, 0) is 18.8 Å². The number of carbonyl (C=O) groups is 1. The summed E-state index contributed by atoms with van der Waals surface area (Å²) in [5.41, 5.74) is 0. The summed E-state index contributed by atoms with van der Waals surface area (Å²) in [5.74, 6) is 1.18. The fourth-order valence-electron chi connectivity index (χ4n) is 0.918. The van der Waals surface area contributed by atoms with Gasteiger partial charge < -0.3 is 4.74 Å². The predicted molar refractivity (Wildman–Crippen MR) is 43.4 cm³/mol. The Balaban J connectivity index is 1.97. The predicted octanol–water partition coefficient (Wildman–Crippen LogP) is 1.64. The molecule has 2 heteroatoms.